The standard InChI is InChI=1S/C24H18N4O6S2/c1-33-20-11-15(9-10-19(20)34-23(30)16-5-4-6-17(12-16)28(31)32)13-25-27-22(29)14-35-24-26-18-7-2-3-8-21(18)36-24/h2-13H,14H2,1H3,(H,27,29)/b25-13-. The lowest BCUT2D eigenvalue weighted by atomic mass is 10.2. The number of non-ortho nitro benzene ring substituents is 1. The van der Waals surface area contributed by atoms with Crippen molar-refractivity contribution in [1.82, 2.24) is 10.4 Å². The first-order valence-electron chi connectivity index (χ1n) is 10.4. The largest absolute Gasteiger partial charge is 0.493 e. The van der Waals surface area contributed by atoms with Gasteiger partial charge < -0.3 is 9.47 Å². The number of thiazole rings is 1. The zero-order chi connectivity index (χ0) is 25.5. The zero-order valence-electron chi connectivity index (χ0n) is 18.7. The lowest BCUT2D eigenvalue weighted by Crippen LogP contribution is -2.19. The summed E-state index contributed by atoms with van der Waals surface area (Å²) in [6.45, 7) is 0. The van der Waals surface area contributed by atoms with Gasteiger partial charge in [0.1, 0.15) is 0 Å². The normalized spacial score (nSPS) is 10.9. The number of rotatable bonds is 9. The highest BCUT2D eigenvalue weighted by Gasteiger charge is 2.16. The van der Waals surface area contributed by atoms with E-state index in [0.717, 1.165) is 20.6 Å². The van der Waals surface area contributed by atoms with Crippen LogP contribution in [-0.4, -0.2) is 40.9 Å². The summed E-state index contributed by atoms with van der Waals surface area (Å²) < 4.78 is 12.5. The molecule has 12 heteroatoms. The number of hydrogen-bond donors (Lipinski definition) is 1. The number of nitro groups is 1. The van der Waals surface area contributed by atoms with E-state index in [0.29, 0.717) is 5.56 Å². The van der Waals surface area contributed by atoms with Gasteiger partial charge in [-0.3, -0.25) is 14.9 Å². The van der Waals surface area contributed by atoms with Gasteiger partial charge in [-0.2, -0.15) is 5.10 Å². The fourth-order valence-corrected chi connectivity index (χ4v) is 4.87. The number of para-hydroxylation sites is 1. The molecule has 0 aliphatic heterocycles. The zero-order valence-corrected chi connectivity index (χ0v) is 20.4. The summed E-state index contributed by atoms with van der Waals surface area (Å²) in [5, 5.41) is 14.9. The molecule has 4 aromatic rings. The van der Waals surface area contributed by atoms with Crippen LogP contribution in [0.5, 0.6) is 11.5 Å². The van der Waals surface area contributed by atoms with Gasteiger partial charge in [0.15, 0.2) is 15.8 Å². The number of nitrogens with one attached hydrogen (secondary N) is 1. The number of methoxy groups -OCH3 is 1. The second-order valence-corrected chi connectivity index (χ2v) is 9.39. The molecule has 0 atom stereocenters. The molecule has 1 heterocycles. The van der Waals surface area contributed by atoms with Gasteiger partial charge in [0, 0.05) is 12.1 Å². The van der Waals surface area contributed by atoms with Crippen molar-refractivity contribution >= 4 is 57.1 Å². The van der Waals surface area contributed by atoms with Crippen LogP contribution in [0.4, 0.5) is 5.69 Å². The van der Waals surface area contributed by atoms with Gasteiger partial charge in [0.05, 0.1) is 39.8 Å². The molecule has 0 aliphatic rings. The van der Waals surface area contributed by atoms with Gasteiger partial charge in [-0.15, -0.1) is 11.3 Å². The Morgan fingerprint density at radius 3 is 2.75 bits per heavy atom. The molecule has 36 heavy (non-hydrogen) atoms. The number of amides is 1. The molecule has 4 rings (SSSR count). The van der Waals surface area contributed by atoms with E-state index in [1.807, 2.05) is 24.3 Å². The number of nitrogens with zero attached hydrogens (tertiary/aromatic N) is 3. The molecule has 0 fully saturated rings. The number of carbonyl (C=O) groups excluding carboxylic acids is 2. The van der Waals surface area contributed by atoms with Crippen LogP contribution in [0.2, 0.25) is 0 Å². The molecule has 1 amide bonds. The lowest BCUT2D eigenvalue weighted by Gasteiger charge is -2.10. The van der Waals surface area contributed by atoms with Crippen LogP contribution in [0.3, 0.4) is 0 Å². The Morgan fingerprint density at radius 2 is 1.97 bits per heavy atom. The number of fused-ring (bicyclic) bond motifs is 1. The summed E-state index contributed by atoms with van der Waals surface area (Å²) in [6, 6.07) is 17.7. The molecule has 0 saturated carbocycles. The number of nitro benzene ring substituents is 1. The SMILES string of the molecule is COc1cc(/C=N\NC(=O)CSc2nc3ccccc3s2)ccc1OC(=O)c1cccc([N+](=O)[O-])c1. The maximum absolute atomic E-state index is 12.4. The number of hydrogen-bond acceptors (Lipinski definition) is 10. The monoisotopic (exact) mass is 522 g/mol. The Morgan fingerprint density at radius 1 is 1.14 bits per heavy atom. The van der Waals surface area contributed by atoms with E-state index in [9.17, 15) is 19.7 Å². The predicted molar refractivity (Wildman–Crippen MR) is 137 cm³/mol. The van der Waals surface area contributed by atoms with Crippen LogP contribution >= 0.6 is 23.1 Å². The summed E-state index contributed by atoms with van der Waals surface area (Å²) in [4.78, 5) is 39.4. The van der Waals surface area contributed by atoms with E-state index in [1.54, 1.807) is 12.1 Å². The summed E-state index contributed by atoms with van der Waals surface area (Å²) in [5.41, 5.74) is 3.76. The molecule has 0 bridgehead atoms. The van der Waals surface area contributed by atoms with Crippen molar-refractivity contribution in [3.05, 3.63) is 88.0 Å². The lowest BCUT2D eigenvalue weighted by molar-refractivity contribution is -0.384. The van der Waals surface area contributed by atoms with Crippen molar-refractivity contribution in [3.8, 4) is 11.5 Å². The van der Waals surface area contributed by atoms with Crippen molar-refractivity contribution in [2.24, 2.45) is 5.10 Å². The van der Waals surface area contributed by atoms with E-state index >= 15 is 0 Å². The minimum absolute atomic E-state index is 0.0309. The highest BCUT2D eigenvalue weighted by Crippen LogP contribution is 2.30. The highest BCUT2D eigenvalue weighted by molar-refractivity contribution is 8.01. The topological polar surface area (TPSA) is 133 Å². The van der Waals surface area contributed by atoms with Crippen LogP contribution in [0.25, 0.3) is 10.2 Å². The minimum atomic E-state index is -0.767. The van der Waals surface area contributed by atoms with Crippen LogP contribution in [0.15, 0.2) is 76.2 Å². The quantitative estimate of drug-likeness (QED) is 0.0837. The first kappa shape index (κ1) is 24.8. The molecule has 3 aromatic carbocycles. The number of esters is 1. The minimum Gasteiger partial charge on any atom is -0.493 e. The third-order valence-corrected chi connectivity index (χ3v) is 6.87. The van der Waals surface area contributed by atoms with E-state index in [4.69, 9.17) is 9.47 Å². The molecule has 182 valence electrons. The van der Waals surface area contributed by atoms with Crippen molar-refractivity contribution < 1.29 is 24.0 Å². The van der Waals surface area contributed by atoms with E-state index in [-0.39, 0.29) is 34.4 Å². The van der Waals surface area contributed by atoms with Crippen molar-refractivity contribution in [2.75, 3.05) is 12.9 Å². The Balaban J connectivity index is 1.33. The molecule has 0 unspecified atom stereocenters. The molecule has 1 aromatic heterocycles. The Kier molecular flexibility index (Phi) is 7.88. The fourth-order valence-electron chi connectivity index (χ4n) is 3.01. The first-order chi connectivity index (χ1) is 17.4. The summed E-state index contributed by atoms with van der Waals surface area (Å²) in [6.07, 6.45) is 1.43. The van der Waals surface area contributed by atoms with Crippen LogP contribution in [0, 0.1) is 10.1 Å². The van der Waals surface area contributed by atoms with E-state index in [1.165, 1.54) is 60.7 Å². The van der Waals surface area contributed by atoms with Gasteiger partial charge in [0.2, 0.25) is 0 Å². The number of benzene rings is 3. The number of ether oxygens (including phenoxy) is 2. The first-order valence-corrected chi connectivity index (χ1v) is 12.2. The van der Waals surface area contributed by atoms with Crippen LogP contribution < -0.4 is 14.9 Å². The number of hydrazone groups is 1. The Bertz CT molecular complexity index is 1440. The maximum atomic E-state index is 12.4. The second kappa shape index (κ2) is 11.4. The molecule has 0 radical (unpaired) electrons. The third-order valence-electron chi connectivity index (χ3n) is 4.69. The van der Waals surface area contributed by atoms with Crippen LogP contribution in [-0.2, 0) is 4.79 Å². The average Bonchev–Trinajstić information content (AvgIpc) is 3.31. The van der Waals surface area contributed by atoms with Gasteiger partial charge in [-0.1, -0.05) is 30.0 Å². The average molecular weight is 523 g/mol. The van der Waals surface area contributed by atoms with Crippen LogP contribution in [0.1, 0.15) is 15.9 Å². The van der Waals surface area contributed by atoms with Gasteiger partial charge in [-0.05, 0) is 42.0 Å². The van der Waals surface area contributed by atoms with Gasteiger partial charge in [0.25, 0.3) is 11.6 Å². The molecule has 0 aliphatic carbocycles. The Labute approximate surface area is 213 Å². The van der Waals surface area contributed by atoms with Gasteiger partial charge in [-0.25, -0.2) is 15.2 Å². The number of aromatic nitrogens is 1. The molecule has 0 spiro atoms. The Hall–Kier alpha value is -4.29. The smallest absolute Gasteiger partial charge is 0.343 e. The van der Waals surface area contributed by atoms with E-state index < -0.39 is 10.9 Å². The highest BCUT2D eigenvalue weighted by atomic mass is 32.2. The molecule has 0 saturated heterocycles. The molecule has 1 N–H and O–H groups in total. The third kappa shape index (κ3) is 6.23. The summed E-state index contributed by atoms with van der Waals surface area (Å²) in [5.74, 6) is -0.522. The summed E-state index contributed by atoms with van der Waals surface area (Å²) >= 11 is 2.85. The molecule has 10 nitrogen and oxygen atoms in total. The van der Waals surface area contributed by atoms with Crippen molar-refractivity contribution in [3.63, 3.8) is 0 Å². The van der Waals surface area contributed by atoms with Gasteiger partial charge >= 0.3 is 5.97 Å². The molecular weight excluding hydrogens is 504 g/mol. The van der Waals surface area contributed by atoms with Crippen molar-refractivity contribution in [1.29, 1.82) is 0 Å². The maximum Gasteiger partial charge on any atom is 0.343 e. The predicted octanol–water partition coefficient (Wildman–Crippen LogP) is 4.67. The molecular formula is C24H18N4O6S2. The van der Waals surface area contributed by atoms with E-state index in [2.05, 4.69) is 15.5 Å². The fraction of sp³-hybridized carbons (Fsp3) is 0.0833. The second-order valence-electron chi connectivity index (χ2n) is 7.14. The summed E-state index contributed by atoms with van der Waals surface area (Å²) in [7, 11) is 1.40. The number of carbonyl (C=O) groups is 2. The van der Waals surface area contributed by atoms with Crippen molar-refractivity contribution in [2.45, 2.75) is 4.34 Å². The number of thioether (sulfide) groups is 1.